The lowest BCUT2D eigenvalue weighted by atomic mass is 10.2. The molecular formula is C12H12N2O4S2. The molecule has 0 aliphatic carbocycles. The van der Waals surface area contributed by atoms with Crippen molar-refractivity contribution in [1.29, 1.82) is 0 Å². The molecule has 2 aromatic rings. The molecule has 0 unspecified atom stereocenters. The van der Waals surface area contributed by atoms with Gasteiger partial charge in [-0.3, -0.25) is 4.72 Å². The Balaban J connectivity index is 2.23. The number of benzene rings is 1. The number of hydrogen-bond acceptors (Lipinski definition) is 5. The zero-order chi connectivity index (χ0) is 14.8. The van der Waals surface area contributed by atoms with Crippen LogP contribution in [-0.2, 0) is 15.8 Å². The van der Waals surface area contributed by atoms with Gasteiger partial charge in [0, 0.05) is 0 Å². The first-order valence-corrected chi connectivity index (χ1v) is 8.09. The van der Waals surface area contributed by atoms with Gasteiger partial charge in [0.15, 0.2) is 5.69 Å². The van der Waals surface area contributed by atoms with Crippen LogP contribution in [0.15, 0.2) is 30.3 Å². The number of aromatic nitrogens is 1. The molecule has 1 aromatic heterocycles. The van der Waals surface area contributed by atoms with Gasteiger partial charge in [-0.25, -0.2) is 18.2 Å². The highest BCUT2D eigenvalue weighted by Crippen LogP contribution is 2.25. The standard InChI is InChI=1S/C12H12N2O4S2/c1-8-13-10(12(15)16)11(19-8)14-20(17,18)7-9-5-3-2-4-6-9/h2-6,14H,7H2,1H3,(H,15,16). The fourth-order valence-corrected chi connectivity index (χ4v) is 3.90. The zero-order valence-electron chi connectivity index (χ0n) is 10.5. The van der Waals surface area contributed by atoms with Gasteiger partial charge >= 0.3 is 5.97 Å². The number of anilines is 1. The number of thiazole rings is 1. The molecule has 0 aliphatic rings. The Morgan fingerprint density at radius 1 is 1.35 bits per heavy atom. The predicted octanol–water partition coefficient (Wildman–Crippen LogP) is 2.09. The maximum atomic E-state index is 12.0. The first-order valence-electron chi connectivity index (χ1n) is 5.62. The largest absolute Gasteiger partial charge is 0.476 e. The summed E-state index contributed by atoms with van der Waals surface area (Å²) in [5.41, 5.74) is 0.349. The second-order valence-corrected chi connectivity index (χ2v) is 6.99. The molecule has 0 spiro atoms. The number of carboxylic acids is 1. The molecule has 20 heavy (non-hydrogen) atoms. The van der Waals surface area contributed by atoms with Crippen LogP contribution in [0.4, 0.5) is 5.00 Å². The van der Waals surface area contributed by atoms with Crippen molar-refractivity contribution in [3.05, 3.63) is 46.6 Å². The van der Waals surface area contributed by atoms with E-state index >= 15 is 0 Å². The lowest BCUT2D eigenvalue weighted by Crippen LogP contribution is -2.16. The molecule has 106 valence electrons. The number of nitrogens with zero attached hydrogens (tertiary/aromatic N) is 1. The maximum Gasteiger partial charge on any atom is 0.357 e. The van der Waals surface area contributed by atoms with Crippen LogP contribution in [0.1, 0.15) is 21.1 Å². The van der Waals surface area contributed by atoms with Crippen molar-refractivity contribution in [3.8, 4) is 0 Å². The zero-order valence-corrected chi connectivity index (χ0v) is 12.2. The number of rotatable bonds is 5. The summed E-state index contributed by atoms with van der Waals surface area (Å²) >= 11 is 0.998. The van der Waals surface area contributed by atoms with Gasteiger partial charge in [0.05, 0.1) is 10.8 Å². The average molecular weight is 312 g/mol. The Morgan fingerprint density at radius 2 is 2.00 bits per heavy atom. The number of aryl methyl sites for hydroxylation is 1. The highest BCUT2D eigenvalue weighted by atomic mass is 32.2. The van der Waals surface area contributed by atoms with E-state index in [0.717, 1.165) is 11.3 Å². The lowest BCUT2D eigenvalue weighted by molar-refractivity contribution is 0.0692. The molecule has 6 nitrogen and oxygen atoms in total. The van der Waals surface area contributed by atoms with E-state index in [2.05, 4.69) is 9.71 Å². The van der Waals surface area contributed by atoms with Crippen molar-refractivity contribution < 1.29 is 18.3 Å². The summed E-state index contributed by atoms with van der Waals surface area (Å²) in [4.78, 5) is 14.8. The van der Waals surface area contributed by atoms with Crippen molar-refractivity contribution in [1.82, 2.24) is 4.98 Å². The molecule has 0 atom stereocenters. The number of hydrogen-bond donors (Lipinski definition) is 2. The number of nitrogens with one attached hydrogen (secondary N) is 1. The van der Waals surface area contributed by atoms with Gasteiger partial charge in [-0.05, 0) is 12.5 Å². The topological polar surface area (TPSA) is 96.4 Å². The summed E-state index contributed by atoms with van der Waals surface area (Å²) < 4.78 is 26.3. The molecule has 0 saturated heterocycles. The summed E-state index contributed by atoms with van der Waals surface area (Å²) in [6.45, 7) is 1.62. The minimum atomic E-state index is -3.67. The van der Waals surface area contributed by atoms with Crippen molar-refractivity contribution in [2.45, 2.75) is 12.7 Å². The molecule has 2 N–H and O–H groups in total. The average Bonchev–Trinajstić information content (AvgIpc) is 2.70. The molecule has 8 heteroatoms. The van der Waals surface area contributed by atoms with E-state index in [1.165, 1.54) is 0 Å². The Labute approximate surface area is 120 Å². The van der Waals surface area contributed by atoms with Gasteiger partial charge in [0.1, 0.15) is 5.00 Å². The van der Waals surface area contributed by atoms with E-state index in [-0.39, 0.29) is 16.4 Å². The van der Waals surface area contributed by atoms with Gasteiger partial charge < -0.3 is 5.11 Å². The fraction of sp³-hybridized carbons (Fsp3) is 0.167. The normalized spacial score (nSPS) is 11.2. The monoisotopic (exact) mass is 312 g/mol. The second-order valence-electron chi connectivity index (χ2n) is 4.06. The lowest BCUT2D eigenvalue weighted by Gasteiger charge is -2.06. The molecule has 0 bridgehead atoms. The van der Waals surface area contributed by atoms with Crippen molar-refractivity contribution in [2.24, 2.45) is 0 Å². The molecule has 0 aliphatic heterocycles. The van der Waals surface area contributed by atoms with E-state index in [4.69, 9.17) is 5.11 Å². The van der Waals surface area contributed by atoms with Crippen molar-refractivity contribution >= 4 is 32.3 Å². The molecule has 0 fully saturated rings. The Bertz CT molecular complexity index is 723. The van der Waals surface area contributed by atoms with E-state index in [1.54, 1.807) is 37.3 Å². The van der Waals surface area contributed by atoms with Gasteiger partial charge in [0.25, 0.3) is 0 Å². The smallest absolute Gasteiger partial charge is 0.357 e. The predicted molar refractivity (Wildman–Crippen MR) is 76.5 cm³/mol. The van der Waals surface area contributed by atoms with E-state index in [0.29, 0.717) is 10.6 Å². The van der Waals surface area contributed by atoms with Gasteiger partial charge in [-0.2, -0.15) is 0 Å². The van der Waals surface area contributed by atoms with Crippen LogP contribution in [0.2, 0.25) is 0 Å². The van der Waals surface area contributed by atoms with Gasteiger partial charge in [-0.1, -0.05) is 30.3 Å². The Morgan fingerprint density at radius 3 is 2.60 bits per heavy atom. The summed E-state index contributed by atoms with van der Waals surface area (Å²) in [6.07, 6.45) is 0. The number of aromatic carboxylic acids is 1. The first kappa shape index (κ1) is 14.5. The van der Waals surface area contributed by atoms with Crippen LogP contribution in [0, 0.1) is 6.92 Å². The minimum absolute atomic E-state index is 0.0333. The summed E-state index contributed by atoms with van der Waals surface area (Å²) in [5.74, 6) is -1.48. The maximum absolute atomic E-state index is 12.0. The third kappa shape index (κ3) is 3.55. The molecule has 1 aromatic carbocycles. The molecular weight excluding hydrogens is 300 g/mol. The summed E-state index contributed by atoms with van der Waals surface area (Å²) in [7, 11) is -3.67. The van der Waals surface area contributed by atoms with Crippen LogP contribution < -0.4 is 4.72 Å². The molecule has 1 heterocycles. The van der Waals surface area contributed by atoms with E-state index in [1.807, 2.05) is 0 Å². The van der Waals surface area contributed by atoms with Crippen LogP contribution in [0.5, 0.6) is 0 Å². The Kier molecular flexibility index (Phi) is 4.05. The van der Waals surface area contributed by atoms with Crippen molar-refractivity contribution in [3.63, 3.8) is 0 Å². The number of sulfonamides is 1. The first-order chi connectivity index (χ1) is 9.37. The van der Waals surface area contributed by atoms with Gasteiger partial charge in [-0.15, -0.1) is 11.3 Å². The highest BCUT2D eigenvalue weighted by Gasteiger charge is 2.21. The minimum Gasteiger partial charge on any atom is -0.476 e. The Hall–Kier alpha value is -1.93. The fourth-order valence-electron chi connectivity index (χ4n) is 1.61. The van der Waals surface area contributed by atoms with Crippen LogP contribution >= 0.6 is 11.3 Å². The van der Waals surface area contributed by atoms with E-state index < -0.39 is 16.0 Å². The van der Waals surface area contributed by atoms with Crippen LogP contribution in [0.25, 0.3) is 0 Å². The molecule has 2 rings (SSSR count). The van der Waals surface area contributed by atoms with Crippen LogP contribution in [0.3, 0.4) is 0 Å². The summed E-state index contributed by atoms with van der Waals surface area (Å²) in [5, 5.41) is 9.49. The summed E-state index contributed by atoms with van der Waals surface area (Å²) in [6, 6.07) is 8.65. The van der Waals surface area contributed by atoms with E-state index in [9.17, 15) is 13.2 Å². The highest BCUT2D eigenvalue weighted by molar-refractivity contribution is 7.92. The third-order valence-electron chi connectivity index (χ3n) is 2.38. The quantitative estimate of drug-likeness (QED) is 0.881. The third-order valence-corrected chi connectivity index (χ3v) is 4.63. The van der Waals surface area contributed by atoms with Gasteiger partial charge in [0.2, 0.25) is 10.0 Å². The number of carbonyl (C=O) groups is 1. The number of carboxylic acid groups (broad SMARTS) is 1. The molecule has 0 saturated carbocycles. The SMILES string of the molecule is Cc1nc(C(=O)O)c(NS(=O)(=O)Cc2ccccc2)s1. The van der Waals surface area contributed by atoms with Crippen molar-refractivity contribution in [2.75, 3.05) is 4.72 Å². The second kappa shape index (κ2) is 5.59. The molecule has 0 radical (unpaired) electrons. The molecule has 0 amide bonds. The van der Waals surface area contributed by atoms with Crippen LogP contribution in [-0.4, -0.2) is 24.5 Å².